The number of likely N-dealkylation sites (tertiary alicyclic amines) is 1. The van der Waals surface area contributed by atoms with Crippen LogP contribution in [0.15, 0.2) is 16.6 Å². The molecule has 1 aromatic carbocycles. The van der Waals surface area contributed by atoms with Gasteiger partial charge >= 0.3 is 5.97 Å². The molecule has 7 heteroatoms. The van der Waals surface area contributed by atoms with Crippen molar-refractivity contribution >= 4 is 27.8 Å². The van der Waals surface area contributed by atoms with Crippen molar-refractivity contribution in [2.45, 2.75) is 32.2 Å². The molecular weight excluding hydrogens is 378 g/mol. The smallest absolute Gasteiger partial charge is 0.338 e. The maximum atomic E-state index is 12.2. The number of benzene rings is 1. The number of nitrogens with zero attached hydrogens (tertiary/aromatic N) is 1. The third-order valence-electron chi connectivity index (χ3n) is 4.13. The van der Waals surface area contributed by atoms with Gasteiger partial charge in [0.2, 0.25) is 0 Å². The van der Waals surface area contributed by atoms with Crippen LogP contribution in [0.2, 0.25) is 0 Å². The van der Waals surface area contributed by atoms with Gasteiger partial charge in [-0.05, 0) is 54.2 Å². The molecule has 1 aliphatic heterocycles. The summed E-state index contributed by atoms with van der Waals surface area (Å²) >= 11 is 3.34. The summed E-state index contributed by atoms with van der Waals surface area (Å²) in [5.41, 5.74) is 0.270. The first-order valence-electron chi connectivity index (χ1n) is 7.86. The SMILES string of the molecule is COc1cc(C(=O)OCC(=O)N2CCCCC2C)cc(OC)c1Br. The largest absolute Gasteiger partial charge is 0.495 e. The van der Waals surface area contributed by atoms with Gasteiger partial charge in [0.25, 0.3) is 5.91 Å². The first-order chi connectivity index (χ1) is 11.5. The van der Waals surface area contributed by atoms with Crippen molar-refractivity contribution in [2.75, 3.05) is 27.4 Å². The Hall–Kier alpha value is -1.76. The van der Waals surface area contributed by atoms with E-state index in [1.54, 1.807) is 17.0 Å². The molecule has 1 saturated heterocycles. The normalized spacial score (nSPS) is 17.3. The number of methoxy groups -OCH3 is 2. The van der Waals surface area contributed by atoms with Crippen LogP contribution in [-0.2, 0) is 9.53 Å². The Morgan fingerprint density at radius 2 is 1.83 bits per heavy atom. The summed E-state index contributed by atoms with van der Waals surface area (Å²) in [6.07, 6.45) is 3.11. The van der Waals surface area contributed by atoms with E-state index in [9.17, 15) is 9.59 Å². The van der Waals surface area contributed by atoms with E-state index in [0.29, 0.717) is 16.0 Å². The minimum atomic E-state index is -0.586. The van der Waals surface area contributed by atoms with Crippen LogP contribution in [0.5, 0.6) is 11.5 Å². The summed E-state index contributed by atoms with van der Waals surface area (Å²) in [6.45, 7) is 2.48. The Morgan fingerprint density at radius 3 is 2.38 bits per heavy atom. The molecule has 0 aromatic heterocycles. The van der Waals surface area contributed by atoms with Gasteiger partial charge in [-0.15, -0.1) is 0 Å². The maximum Gasteiger partial charge on any atom is 0.338 e. The van der Waals surface area contributed by atoms with E-state index < -0.39 is 5.97 Å². The number of rotatable bonds is 5. The van der Waals surface area contributed by atoms with Gasteiger partial charge in [-0.3, -0.25) is 4.79 Å². The number of carbonyl (C=O) groups is 2. The minimum Gasteiger partial charge on any atom is -0.495 e. The molecule has 0 N–H and O–H groups in total. The van der Waals surface area contributed by atoms with Gasteiger partial charge in [0.05, 0.1) is 19.8 Å². The fourth-order valence-corrected chi connectivity index (χ4v) is 3.30. The molecule has 2 rings (SSSR count). The Morgan fingerprint density at radius 1 is 1.21 bits per heavy atom. The molecule has 24 heavy (non-hydrogen) atoms. The molecule has 6 nitrogen and oxygen atoms in total. The number of carbonyl (C=O) groups excluding carboxylic acids is 2. The fourth-order valence-electron chi connectivity index (χ4n) is 2.75. The van der Waals surface area contributed by atoms with E-state index in [1.807, 2.05) is 6.92 Å². The lowest BCUT2D eigenvalue weighted by molar-refractivity contribution is -0.137. The van der Waals surface area contributed by atoms with Gasteiger partial charge in [0.1, 0.15) is 16.0 Å². The van der Waals surface area contributed by atoms with E-state index in [-0.39, 0.29) is 24.1 Å². The number of esters is 1. The molecule has 1 heterocycles. The average molecular weight is 400 g/mol. The molecule has 1 aliphatic rings. The molecular formula is C17H22BrNO5. The van der Waals surface area contributed by atoms with Crippen LogP contribution in [0.1, 0.15) is 36.5 Å². The minimum absolute atomic E-state index is 0.161. The molecule has 0 saturated carbocycles. The zero-order chi connectivity index (χ0) is 17.7. The molecule has 0 aliphatic carbocycles. The molecule has 1 unspecified atom stereocenters. The third-order valence-corrected chi connectivity index (χ3v) is 4.91. The molecule has 1 amide bonds. The van der Waals surface area contributed by atoms with Crippen LogP contribution in [-0.4, -0.2) is 50.2 Å². The average Bonchev–Trinajstić information content (AvgIpc) is 2.59. The molecule has 132 valence electrons. The fraction of sp³-hybridized carbons (Fsp3) is 0.529. The first-order valence-corrected chi connectivity index (χ1v) is 8.65. The second-order valence-electron chi connectivity index (χ2n) is 5.70. The van der Waals surface area contributed by atoms with Crippen molar-refractivity contribution in [3.05, 3.63) is 22.2 Å². The Labute approximate surface area is 150 Å². The Bertz CT molecular complexity index is 594. The van der Waals surface area contributed by atoms with E-state index in [4.69, 9.17) is 14.2 Å². The molecule has 1 aromatic rings. The lowest BCUT2D eigenvalue weighted by Crippen LogP contribution is -2.44. The number of ether oxygens (including phenoxy) is 3. The van der Waals surface area contributed by atoms with Crippen molar-refractivity contribution in [3.63, 3.8) is 0 Å². The van der Waals surface area contributed by atoms with Gasteiger partial charge < -0.3 is 19.1 Å². The number of halogens is 1. The molecule has 0 radical (unpaired) electrons. The van der Waals surface area contributed by atoms with Crippen LogP contribution < -0.4 is 9.47 Å². The third kappa shape index (κ3) is 4.20. The molecule has 0 bridgehead atoms. The van der Waals surface area contributed by atoms with E-state index in [2.05, 4.69) is 15.9 Å². The van der Waals surface area contributed by atoms with E-state index >= 15 is 0 Å². The second kappa shape index (κ2) is 8.37. The molecule has 0 spiro atoms. The second-order valence-corrected chi connectivity index (χ2v) is 6.50. The quantitative estimate of drug-likeness (QED) is 0.711. The number of amides is 1. The topological polar surface area (TPSA) is 65.1 Å². The standard InChI is InChI=1S/C17H22BrNO5/c1-11-6-4-5-7-19(11)15(20)10-24-17(21)12-8-13(22-2)16(18)14(9-12)23-3/h8-9,11H,4-7,10H2,1-3H3. The first kappa shape index (κ1) is 18.6. The summed E-state index contributed by atoms with van der Waals surface area (Å²) in [5.74, 6) is 0.165. The summed E-state index contributed by atoms with van der Waals surface area (Å²) < 4.78 is 16.2. The van der Waals surface area contributed by atoms with Crippen LogP contribution in [0.4, 0.5) is 0 Å². The van der Waals surface area contributed by atoms with Gasteiger partial charge in [0, 0.05) is 12.6 Å². The summed E-state index contributed by atoms with van der Waals surface area (Å²) in [4.78, 5) is 26.3. The highest BCUT2D eigenvalue weighted by Crippen LogP contribution is 2.35. The zero-order valence-electron chi connectivity index (χ0n) is 14.1. The van der Waals surface area contributed by atoms with Gasteiger partial charge in [-0.1, -0.05) is 0 Å². The predicted octanol–water partition coefficient (Wildman–Crippen LogP) is 3.02. The Kier molecular flexibility index (Phi) is 6.48. The summed E-state index contributed by atoms with van der Waals surface area (Å²) in [5, 5.41) is 0. The van der Waals surface area contributed by atoms with Crippen LogP contribution in [0.3, 0.4) is 0 Å². The summed E-state index contributed by atoms with van der Waals surface area (Å²) in [7, 11) is 2.99. The lowest BCUT2D eigenvalue weighted by Gasteiger charge is -2.33. The maximum absolute atomic E-state index is 12.2. The van der Waals surface area contributed by atoms with Crippen molar-refractivity contribution in [1.82, 2.24) is 4.90 Å². The molecule has 1 fully saturated rings. The van der Waals surface area contributed by atoms with Crippen molar-refractivity contribution in [2.24, 2.45) is 0 Å². The Balaban J connectivity index is 2.03. The highest BCUT2D eigenvalue weighted by Gasteiger charge is 2.24. The van der Waals surface area contributed by atoms with Gasteiger partial charge in [0.15, 0.2) is 6.61 Å². The van der Waals surface area contributed by atoms with Crippen LogP contribution in [0.25, 0.3) is 0 Å². The van der Waals surface area contributed by atoms with E-state index in [1.165, 1.54) is 14.2 Å². The van der Waals surface area contributed by atoms with Crippen molar-refractivity contribution in [1.29, 1.82) is 0 Å². The number of piperidine rings is 1. The monoisotopic (exact) mass is 399 g/mol. The number of hydrogen-bond donors (Lipinski definition) is 0. The zero-order valence-corrected chi connectivity index (χ0v) is 15.7. The van der Waals surface area contributed by atoms with Crippen LogP contribution in [0, 0.1) is 0 Å². The van der Waals surface area contributed by atoms with Crippen molar-refractivity contribution in [3.8, 4) is 11.5 Å². The van der Waals surface area contributed by atoms with Gasteiger partial charge in [-0.25, -0.2) is 4.79 Å². The molecule has 1 atom stereocenters. The van der Waals surface area contributed by atoms with Gasteiger partial charge in [-0.2, -0.15) is 0 Å². The van der Waals surface area contributed by atoms with Crippen molar-refractivity contribution < 1.29 is 23.8 Å². The lowest BCUT2D eigenvalue weighted by atomic mass is 10.0. The summed E-state index contributed by atoms with van der Waals surface area (Å²) in [6, 6.07) is 3.28. The predicted molar refractivity (Wildman–Crippen MR) is 92.6 cm³/mol. The highest BCUT2D eigenvalue weighted by molar-refractivity contribution is 9.10. The highest BCUT2D eigenvalue weighted by atomic mass is 79.9. The number of hydrogen-bond acceptors (Lipinski definition) is 5. The van der Waals surface area contributed by atoms with Crippen LogP contribution >= 0.6 is 15.9 Å². The van der Waals surface area contributed by atoms with E-state index in [0.717, 1.165) is 25.8 Å².